The number of methoxy groups -OCH3 is 1. The first-order valence-electron chi connectivity index (χ1n) is 6.02. The Hall–Kier alpha value is -1.72. The van der Waals surface area contributed by atoms with Crippen LogP contribution in [0.2, 0.25) is 0 Å². The molecule has 1 saturated heterocycles. The summed E-state index contributed by atoms with van der Waals surface area (Å²) < 4.78 is 18.9. The number of hydrogen-bond acceptors (Lipinski definition) is 5. The van der Waals surface area contributed by atoms with Crippen LogP contribution in [0.1, 0.15) is 25.5 Å². The van der Waals surface area contributed by atoms with Gasteiger partial charge in [0, 0.05) is 6.54 Å². The highest BCUT2D eigenvalue weighted by atomic mass is 19.1. The summed E-state index contributed by atoms with van der Waals surface area (Å²) in [5.74, 6) is -0.575. The number of aromatic nitrogens is 2. The van der Waals surface area contributed by atoms with Crippen LogP contribution in [0.15, 0.2) is 6.33 Å². The number of nitrogens with zero attached hydrogens (tertiary/aromatic N) is 3. The van der Waals surface area contributed by atoms with Gasteiger partial charge in [0.1, 0.15) is 12.4 Å². The molecule has 1 aliphatic rings. The summed E-state index contributed by atoms with van der Waals surface area (Å²) in [7, 11) is 1.34. The van der Waals surface area contributed by atoms with Crippen molar-refractivity contribution in [2.75, 3.05) is 18.6 Å². The Kier molecular flexibility index (Phi) is 3.74. The summed E-state index contributed by atoms with van der Waals surface area (Å²) in [4.78, 5) is 21.2. The highest BCUT2D eigenvalue weighted by Crippen LogP contribution is 2.27. The minimum atomic E-state index is -0.441. The Morgan fingerprint density at radius 2 is 2.39 bits per heavy atom. The number of ether oxygens (including phenoxy) is 1. The van der Waals surface area contributed by atoms with Crippen molar-refractivity contribution < 1.29 is 13.9 Å². The number of hydrogen-bond donors (Lipinski definition) is 0. The third kappa shape index (κ3) is 2.14. The summed E-state index contributed by atoms with van der Waals surface area (Å²) in [6.07, 6.45) is 3.32. The van der Waals surface area contributed by atoms with Crippen LogP contribution in [0, 0.1) is 5.82 Å². The van der Waals surface area contributed by atoms with E-state index in [-0.39, 0.29) is 11.8 Å². The molecule has 1 atom stereocenters. The van der Waals surface area contributed by atoms with Crippen LogP contribution in [0.25, 0.3) is 0 Å². The third-order valence-corrected chi connectivity index (χ3v) is 3.18. The molecule has 1 unspecified atom stereocenters. The lowest BCUT2D eigenvalue weighted by Crippen LogP contribution is -2.38. The van der Waals surface area contributed by atoms with Crippen molar-refractivity contribution in [2.24, 2.45) is 0 Å². The monoisotopic (exact) mass is 253 g/mol. The molecular formula is C12H16FN3O2. The smallest absolute Gasteiger partial charge is 0.328 e. The second-order valence-electron chi connectivity index (χ2n) is 4.19. The average Bonchev–Trinajstić information content (AvgIpc) is 2.87. The highest BCUT2D eigenvalue weighted by Gasteiger charge is 2.34. The van der Waals surface area contributed by atoms with Gasteiger partial charge in [-0.2, -0.15) is 0 Å². The molecular weight excluding hydrogens is 237 g/mol. The van der Waals surface area contributed by atoms with Crippen molar-refractivity contribution in [1.82, 2.24) is 9.97 Å². The van der Waals surface area contributed by atoms with E-state index in [9.17, 15) is 9.18 Å². The molecule has 0 aliphatic carbocycles. The number of carbonyl (C=O) groups is 1. The van der Waals surface area contributed by atoms with Gasteiger partial charge in [0.15, 0.2) is 11.6 Å². The van der Waals surface area contributed by atoms with Crippen molar-refractivity contribution >= 4 is 11.8 Å². The lowest BCUT2D eigenvalue weighted by atomic mass is 10.2. The fourth-order valence-corrected chi connectivity index (χ4v) is 2.24. The standard InChI is InChI=1S/C12H16FN3O2/c1-3-8-10(13)11(15-7-14-8)16-6-4-5-9(16)12(17)18-2/h7,9H,3-6H2,1-2H3. The van der Waals surface area contributed by atoms with Gasteiger partial charge in [0.25, 0.3) is 0 Å². The number of anilines is 1. The predicted molar refractivity (Wildman–Crippen MR) is 63.8 cm³/mol. The fourth-order valence-electron chi connectivity index (χ4n) is 2.24. The van der Waals surface area contributed by atoms with Gasteiger partial charge in [-0.15, -0.1) is 0 Å². The van der Waals surface area contributed by atoms with Crippen molar-refractivity contribution in [3.05, 3.63) is 17.8 Å². The van der Waals surface area contributed by atoms with Crippen LogP contribution in [0.4, 0.5) is 10.2 Å². The van der Waals surface area contributed by atoms with E-state index < -0.39 is 11.9 Å². The minimum absolute atomic E-state index is 0.203. The van der Waals surface area contributed by atoms with Crippen molar-refractivity contribution in [2.45, 2.75) is 32.2 Å². The number of aryl methyl sites for hydroxylation is 1. The normalized spacial score (nSPS) is 19.1. The van der Waals surface area contributed by atoms with Gasteiger partial charge in [-0.05, 0) is 19.3 Å². The summed E-state index contributed by atoms with van der Waals surface area (Å²) in [5.41, 5.74) is 0.371. The van der Waals surface area contributed by atoms with Gasteiger partial charge in [-0.1, -0.05) is 6.92 Å². The van der Waals surface area contributed by atoms with Crippen LogP contribution < -0.4 is 4.90 Å². The molecule has 1 aliphatic heterocycles. The predicted octanol–water partition coefficient (Wildman–Crippen LogP) is 1.32. The van der Waals surface area contributed by atoms with Gasteiger partial charge in [-0.3, -0.25) is 0 Å². The van der Waals surface area contributed by atoms with Crippen LogP contribution in [0.3, 0.4) is 0 Å². The summed E-state index contributed by atoms with van der Waals surface area (Å²) in [6.45, 7) is 2.44. The maximum Gasteiger partial charge on any atom is 0.328 e. The molecule has 0 amide bonds. The molecule has 0 radical (unpaired) electrons. The van der Waals surface area contributed by atoms with Gasteiger partial charge in [-0.25, -0.2) is 19.2 Å². The van der Waals surface area contributed by atoms with Crippen LogP contribution >= 0.6 is 0 Å². The molecule has 2 rings (SSSR count). The molecule has 1 fully saturated rings. The van der Waals surface area contributed by atoms with Gasteiger partial charge >= 0.3 is 5.97 Å². The van der Waals surface area contributed by atoms with E-state index in [1.54, 1.807) is 4.90 Å². The van der Waals surface area contributed by atoms with E-state index in [4.69, 9.17) is 4.74 Å². The van der Waals surface area contributed by atoms with Crippen LogP contribution in [-0.4, -0.2) is 35.6 Å². The highest BCUT2D eigenvalue weighted by molar-refractivity contribution is 5.80. The van der Waals surface area contributed by atoms with Crippen LogP contribution in [-0.2, 0) is 16.0 Å². The quantitative estimate of drug-likeness (QED) is 0.760. The molecule has 18 heavy (non-hydrogen) atoms. The number of esters is 1. The largest absolute Gasteiger partial charge is 0.467 e. The molecule has 0 saturated carbocycles. The van der Waals surface area contributed by atoms with E-state index in [2.05, 4.69) is 9.97 Å². The minimum Gasteiger partial charge on any atom is -0.467 e. The van der Waals surface area contributed by atoms with Crippen molar-refractivity contribution in [3.8, 4) is 0 Å². The SMILES string of the molecule is CCc1ncnc(N2CCCC2C(=O)OC)c1F. The number of halogens is 1. The zero-order valence-corrected chi connectivity index (χ0v) is 10.5. The lowest BCUT2D eigenvalue weighted by Gasteiger charge is -2.24. The van der Waals surface area contributed by atoms with Gasteiger partial charge in [0.2, 0.25) is 0 Å². The molecule has 0 spiro atoms. The zero-order chi connectivity index (χ0) is 13.1. The molecule has 98 valence electrons. The third-order valence-electron chi connectivity index (χ3n) is 3.18. The summed E-state index contributed by atoms with van der Waals surface area (Å²) in [5, 5.41) is 0. The molecule has 6 heteroatoms. The maximum atomic E-state index is 14.1. The Balaban J connectivity index is 2.33. The Bertz CT molecular complexity index is 453. The number of rotatable bonds is 3. The van der Waals surface area contributed by atoms with Gasteiger partial charge < -0.3 is 9.64 Å². The first kappa shape index (κ1) is 12.7. The lowest BCUT2D eigenvalue weighted by molar-refractivity contribution is -0.141. The average molecular weight is 253 g/mol. The molecule has 0 aromatic carbocycles. The van der Waals surface area contributed by atoms with Crippen molar-refractivity contribution in [3.63, 3.8) is 0 Å². The van der Waals surface area contributed by atoms with E-state index in [0.29, 0.717) is 25.1 Å². The maximum absolute atomic E-state index is 14.1. The summed E-state index contributed by atoms with van der Waals surface area (Å²) in [6, 6.07) is -0.441. The van der Waals surface area contributed by atoms with E-state index in [0.717, 1.165) is 6.42 Å². The van der Waals surface area contributed by atoms with E-state index >= 15 is 0 Å². The second kappa shape index (κ2) is 5.29. The van der Waals surface area contributed by atoms with Crippen molar-refractivity contribution in [1.29, 1.82) is 0 Å². The number of carbonyl (C=O) groups excluding carboxylic acids is 1. The topological polar surface area (TPSA) is 55.3 Å². The molecule has 5 nitrogen and oxygen atoms in total. The zero-order valence-electron chi connectivity index (χ0n) is 10.5. The molecule has 0 bridgehead atoms. The fraction of sp³-hybridized carbons (Fsp3) is 0.583. The first-order chi connectivity index (χ1) is 8.69. The molecule has 1 aromatic heterocycles. The van der Waals surface area contributed by atoms with Crippen LogP contribution in [0.5, 0.6) is 0 Å². The first-order valence-corrected chi connectivity index (χ1v) is 6.02. The Labute approximate surface area is 105 Å². The second-order valence-corrected chi connectivity index (χ2v) is 4.19. The molecule has 1 aromatic rings. The van der Waals surface area contributed by atoms with E-state index in [1.165, 1.54) is 13.4 Å². The Morgan fingerprint density at radius 3 is 3.06 bits per heavy atom. The molecule has 2 heterocycles. The Morgan fingerprint density at radius 1 is 1.61 bits per heavy atom. The summed E-state index contributed by atoms with van der Waals surface area (Å²) >= 11 is 0. The molecule has 0 N–H and O–H groups in total. The van der Waals surface area contributed by atoms with Gasteiger partial charge in [0.05, 0.1) is 12.8 Å². The van der Waals surface area contributed by atoms with E-state index in [1.807, 2.05) is 6.92 Å².